The van der Waals surface area contributed by atoms with Crippen molar-refractivity contribution in [2.24, 2.45) is 0 Å². The Hall–Kier alpha value is -2.69. The van der Waals surface area contributed by atoms with Crippen LogP contribution in [0.15, 0.2) is 72.8 Å². The zero-order valence-corrected chi connectivity index (χ0v) is 17.7. The molecule has 1 N–H and O–H groups in total. The molecular formula is C24H28ClNO3. The summed E-state index contributed by atoms with van der Waals surface area (Å²) in [4.78, 5) is 0. The average Bonchev–Trinajstić information content (AvgIpc) is 2.75. The Kier molecular flexibility index (Phi) is 9.35. The first-order chi connectivity index (χ1) is 13.8. The van der Waals surface area contributed by atoms with Crippen molar-refractivity contribution in [3.05, 3.63) is 89.5 Å². The van der Waals surface area contributed by atoms with Crippen LogP contribution in [0, 0.1) is 0 Å². The van der Waals surface area contributed by atoms with E-state index in [1.165, 1.54) is 11.1 Å². The zero-order valence-electron chi connectivity index (χ0n) is 16.9. The summed E-state index contributed by atoms with van der Waals surface area (Å²) >= 11 is 0. The van der Waals surface area contributed by atoms with Crippen molar-refractivity contribution >= 4 is 12.4 Å². The molecule has 154 valence electrons. The molecule has 0 heterocycles. The summed E-state index contributed by atoms with van der Waals surface area (Å²) in [5.74, 6) is 2.41. The lowest BCUT2D eigenvalue weighted by Crippen LogP contribution is -2.12. The van der Waals surface area contributed by atoms with E-state index in [0.29, 0.717) is 6.61 Å². The van der Waals surface area contributed by atoms with Gasteiger partial charge in [-0.05, 0) is 41.0 Å². The first-order valence-corrected chi connectivity index (χ1v) is 9.46. The van der Waals surface area contributed by atoms with Gasteiger partial charge in [0.25, 0.3) is 0 Å². The third kappa shape index (κ3) is 7.00. The molecule has 0 radical (unpaired) electrons. The Labute approximate surface area is 179 Å². The number of ether oxygens (including phenoxy) is 3. The van der Waals surface area contributed by atoms with E-state index in [9.17, 15) is 0 Å². The van der Waals surface area contributed by atoms with Gasteiger partial charge in [0.2, 0.25) is 0 Å². The molecule has 29 heavy (non-hydrogen) atoms. The molecule has 0 bridgehead atoms. The van der Waals surface area contributed by atoms with Crippen LogP contribution in [-0.4, -0.2) is 20.8 Å². The van der Waals surface area contributed by atoms with E-state index >= 15 is 0 Å². The molecule has 3 rings (SSSR count). The fourth-order valence-electron chi connectivity index (χ4n) is 2.96. The van der Waals surface area contributed by atoms with Gasteiger partial charge < -0.3 is 19.5 Å². The minimum absolute atomic E-state index is 0. The number of nitrogens with one attached hydrogen (secondary N) is 1. The van der Waals surface area contributed by atoms with E-state index in [4.69, 9.17) is 14.2 Å². The lowest BCUT2D eigenvalue weighted by molar-refractivity contribution is 0.297. The average molecular weight is 414 g/mol. The Morgan fingerprint density at radius 3 is 2.07 bits per heavy atom. The smallest absolute Gasteiger partial charge is 0.161 e. The third-order valence-corrected chi connectivity index (χ3v) is 4.54. The van der Waals surface area contributed by atoms with E-state index in [0.717, 1.165) is 42.3 Å². The van der Waals surface area contributed by atoms with Crippen molar-refractivity contribution < 1.29 is 14.2 Å². The van der Waals surface area contributed by atoms with Crippen LogP contribution in [0.3, 0.4) is 0 Å². The van der Waals surface area contributed by atoms with Crippen LogP contribution in [0.25, 0.3) is 0 Å². The van der Waals surface area contributed by atoms with E-state index in [1.807, 2.05) is 42.5 Å². The predicted molar refractivity (Wildman–Crippen MR) is 119 cm³/mol. The van der Waals surface area contributed by atoms with Crippen LogP contribution in [0.5, 0.6) is 17.2 Å². The number of benzene rings is 3. The molecule has 0 saturated carbocycles. The first kappa shape index (κ1) is 22.6. The summed E-state index contributed by atoms with van der Waals surface area (Å²) < 4.78 is 16.6. The van der Waals surface area contributed by atoms with Gasteiger partial charge in [0, 0.05) is 19.5 Å². The molecule has 0 aliphatic carbocycles. The number of rotatable bonds is 10. The van der Waals surface area contributed by atoms with Gasteiger partial charge in [-0.25, -0.2) is 0 Å². The van der Waals surface area contributed by atoms with Gasteiger partial charge in [-0.2, -0.15) is 0 Å². The first-order valence-electron chi connectivity index (χ1n) is 9.46. The quantitative estimate of drug-likeness (QED) is 0.505. The van der Waals surface area contributed by atoms with Crippen LogP contribution in [0.2, 0.25) is 0 Å². The number of hydrogen-bond donors (Lipinski definition) is 1. The number of methoxy groups -OCH3 is 2. The zero-order chi connectivity index (χ0) is 19.6. The fraction of sp³-hybridized carbons (Fsp3) is 0.250. The largest absolute Gasteiger partial charge is 0.497 e. The van der Waals surface area contributed by atoms with E-state index in [-0.39, 0.29) is 12.4 Å². The van der Waals surface area contributed by atoms with Gasteiger partial charge in [0.1, 0.15) is 5.75 Å². The lowest BCUT2D eigenvalue weighted by atomic mass is 10.1. The molecule has 0 aliphatic rings. The lowest BCUT2D eigenvalue weighted by Gasteiger charge is -2.13. The van der Waals surface area contributed by atoms with Crippen molar-refractivity contribution in [2.45, 2.75) is 19.5 Å². The normalized spacial score (nSPS) is 10.1. The maximum atomic E-state index is 5.93. The molecule has 5 heteroatoms. The highest BCUT2D eigenvalue weighted by atomic mass is 35.5. The molecule has 0 aromatic heterocycles. The molecule has 0 saturated heterocycles. The monoisotopic (exact) mass is 413 g/mol. The standard InChI is InChI=1S/C24H27NO3.ClH/c1-26-22-11-8-20(9-12-22)17-25-18-21-10-13-23(24(16-21)27-2)28-15-14-19-6-4-3-5-7-19;/h3-13,16,25H,14-15,17-18H2,1-2H3;1H. The second kappa shape index (κ2) is 12.0. The highest BCUT2D eigenvalue weighted by molar-refractivity contribution is 5.85. The van der Waals surface area contributed by atoms with Crippen molar-refractivity contribution in [3.8, 4) is 17.2 Å². The van der Waals surface area contributed by atoms with Crippen LogP contribution in [0.1, 0.15) is 16.7 Å². The molecule has 0 atom stereocenters. The van der Waals surface area contributed by atoms with Crippen molar-refractivity contribution in [1.82, 2.24) is 5.32 Å². The van der Waals surface area contributed by atoms with Crippen LogP contribution < -0.4 is 19.5 Å². The summed E-state index contributed by atoms with van der Waals surface area (Å²) in [6.07, 6.45) is 0.870. The Balaban J connectivity index is 0.00000300. The fourth-order valence-corrected chi connectivity index (χ4v) is 2.96. The minimum Gasteiger partial charge on any atom is -0.497 e. The highest BCUT2D eigenvalue weighted by Gasteiger charge is 2.06. The van der Waals surface area contributed by atoms with Crippen LogP contribution >= 0.6 is 12.4 Å². The molecule has 0 amide bonds. The summed E-state index contributed by atoms with van der Waals surface area (Å²) in [6.45, 7) is 2.17. The summed E-state index contributed by atoms with van der Waals surface area (Å²) in [7, 11) is 3.35. The van der Waals surface area contributed by atoms with Crippen molar-refractivity contribution in [2.75, 3.05) is 20.8 Å². The van der Waals surface area contributed by atoms with E-state index < -0.39 is 0 Å². The molecule has 0 unspecified atom stereocenters. The molecule has 3 aromatic carbocycles. The van der Waals surface area contributed by atoms with Crippen LogP contribution in [-0.2, 0) is 19.5 Å². The Bertz CT molecular complexity index is 854. The topological polar surface area (TPSA) is 39.7 Å². The van der Waals surface area contributed by atoms with Gasteiger partial charge in [-0.15, -0.1) is 12.4 Å². The van der Waals surface area contributed by atoms with Crippen molar-refractivity contribution in [1.29, 1.82) is 0 Å². The Morgan fingerprint density at radius 2 is 1.38 bits per heavy atom. The number of hydrogen-bond acceptors (Lipinski definition) is 4. The second-order valence-corrected chi connectivity index (χ2v) is 6.52. The maximum Gasteiger partial charge on any atom is 0.161 e. The molecule has 0 fully saturated rings. The molecule has 4 nitrogen and oxygen atoms in total. The van der Waals surface area contributed by atoms with E-state index in [1.54, 1.807) is 14.2 Å². The Morgan fingerprint density at radius 1 is 0.690 bits per heavy atom. The summed E-state index contributed by atoms with van der Waals surface area (Å²) in [5, 5.41) is 3.45. The molecule has 3 aromatic rings. The predicted octanol–water partition coefficient (Wildman–Crippen LogP) is 5.04. The molecule has 0 aliphatic heterocycles. The highest BCUT2D eigenvalue weighted by Crippen LogP contribution is 2.28. The van der Waals surface area contributed by atoms with Gasteiger partial charge >= 0.3 is 0 Å². The van der Waals surface area contributed by atoms with Gasteiger partial charge in [0.05, 0.1) is 20.8 Å². The summed E-state index contributed by atoms with van der Waals surface area (Å²) in [6, 6.07) is 24.5. The van der Waals surface area contributed by atoms with Gasteiger partial charge in [-0.3, -0.25) is 0 Å². The third-order valence-electron chi connectivity index (χ3n) is 4.54. The summed E-state index contributed by atoms with van der Waals surface area (Å²) in [5.41, 5.74) is 3.63. The molecular weight excluding hydrogens is 386 g/mol. The van der Waals surface area contributed by atoms with E-state index in [2.05, 4.69) is 35.6 Å². The maximum absolute atomic E-state index is 5.93. The van der Waals surface area contributed by atoms with Gasteiger partial charge in [-0.1, -0.05) is 48.5 Å². The SMILES string of the molecule is COc1ccc(CNCc2ccc(OCCc3ccccc3)c(OC)c2)cc1.Cl. The minimum atomic E-state index is 0. The molecule has 0 spiro atoms. The van der Waals surface area contributed by atoms with Gasteiger partial charge in [0.15, 0.2) is 11.5 Å². The second-order valence-electron chi connectivity index (χ2n) is 6.52. The van der Waals surface area contributed by atoms with Crippen molar-refractivity contribution in [3.63, 3.8) is 0 Å². The number of halogens is 1. The van der Waals surface area contributed by atoms with Crippen LogP contribution in [0.4, 0.5) is 0 Å².